The molecular weight excluding hydrogens is 359 g/mol. The first-order chi connectivity index (χ1) is 12.1. The Kier molecular flexibility index (Phi) is 6.79. The Labute approximate surface area is 158 Å². The summed E-state index contributed by atoms with van der Waals surface area (Å²) >= 11 is 12.0. The number of hydrogen-bond acceptors (Lipinski definition) is 4. The average Bonchev–Trinajstić information content (AvgIpc) is 3.07. The first-order valence-corrected chi connectivity index (χ1v) is 9.52. The fourth-order valence-corrected chi connectivity index (χ4v) is 3.36. The van der Waals surface area contributed by atoms with E-state index >= 15 is 0 Å². The molecule has 0 amide bonds. The van der Waals surface area contributed by atoms with E-state index in [2.05, 4.69) is 10.2 Å². The number of nitrogens with one attached hydrogen (secondary N) is 1. The lowest BCUT2D eigenvalue weighted by molar-refractivity contribution is 0.0821. The second-order valence-electron chi connectivity index (χ2n) is 6.50. The van der Waals surface area contributed by atoms with Crippen molar-refractivity contribution >= 4 is 23.2 Å². The highest BCUT2D eigenvalue weighted by molar-refractivity contribution is 6.42. The van der Waals surface area contributed by atoms with Crippen molar-refractivity contribution in [2.24, 2.45) is 0 Å². The van der Waals surface area contributed by atoms with E-state index in [4.69, 9.17) is 27.6 Å². The van der Waals surface area contributed by atoms with E-state index in [-0.39, 0.29) is 6.10 Å². The Morgan fingerprint density at radius 2 is 1.92 bits per heavy atom. The largest absolute Gasteiger partial charge is 0.460 e. The van der Waals surface area contributed by atoms with E-state index in [1.54, 1.807) is 6.07 Å². The summed E-state index contributed by atoms with van der Waals surface area (Å²) in [6.07, 6.45) is 2.79. The third-order valence-electron chi connectivity index (χ3n) is 4.55. The molecule has 1 aliphatic rings. The maximum atomic E-state index is 9.51. The number of benzene rings is 1. The van der Waals surface area contributed by atoms with Crippen LogP contribution in [0.15, 0.2) is 34.7 Å². The molecule has 2 aromatic rings. The molecule has 0 atom stereocenters. The van der Waals surface area contributed by atoms with E-state index in [9.17, 15) is 5.11 Å². The quantitative estimate of drug-likeness (QED) is 0.704. The average molecular weight is 383 g/mol. The number of halogens is 2. The van der Waals surface area contributed by atoms with Gasteiger partial charge < -0.3 is 19.7 Å². The maximum absolute atomic E-state index is 9.51. The van der Waals surface area contributed by atoms with Crippen molar-refractivity contribution in [2.45, 2.75) is 31.9 Å². The highest BCUT2D eigenvalue weighted by Gasteiger charge is 2.16. The Bertz CT molecular complexity index is 682. The zero-order valence-electron chi connectivity index (χ0n) is 14.2. The topological polar surface area (TPSA) is 48.6 Å². The highest BCUT2D eigenvalue weighted by atomic mass is 35.5. The van der Waals surface area contributed by atoms with Crippen molar-refractivity contribution in [2.75, 3.05) is 26.2 Å². The zero-order chi connectivity index (χ0) is 17.6. The molecule has 2 heterocycles. The first-order valence-electron chi connectivity index (χ1n) is 8.77. The van der Waals surface area contributed by atoms with E-state index in [0.717, 1.165) is 62.5 Å². The van der Waals surface area contributed by atoms with Gasteiger partial charge in [0.1, 0.15) is 11.5 Å². The molecule has 136 valence electrons. The molecule has 1 aliphatic heterocycles. The molecular formula is C19H24Cl2N2O2. The molecule has 0 radical (unpaired) electrons. The predicted molar refractivity (Wildman–Crippen MR) is 102 cm³/mol. The van der Waals surface area contributed by atoms with Crippen LogP contribution < -0.4 is 5.32 Å². The summed E-state index contributed by atoms with van der Waals surface area (Å²) in [5, 5.41) is 14.0. The smallest absolute Gasteiger partial charge is 0.134 e. The summed E-state index contributed by atoms with van der Waals surface area (Å²) in [7, 11) is 0. The van der Waals surface area contributed by atoms with Gasteiger partial charge in [-0.2, -0.15) is 0 Å². The van der Waals surface area contributed by atoms with Gasteiger partial charge in [-0.1, -0.05) is 23.2 Å². The predicted octanol–water partition coefficient (Wildman–Crippen LogP) is 4.19. The van der Waals surface area contributed by atoms with Gasteiger partial charge in [-0.15, -0.1) is 0 Å². The summed E-state index contributed by atoms with van der Waals surface area (Å²) in [5.74, 6) is 1.70. The first kappa shape index (κ1) is 18.7. The van der Waals surface area contributed by atoms with Crippen LogP contribution in [0.4, 0.5) is 0 Å². The van der Waals surface area contributed by atoms with Crippen molar-refractivity contribution < 1.29 is 9.52 Å². The summed E-state index contributed by atoms with van der Waals surface area (Å²) in [4.78, 5) is 2.42. The molecule has 1 fully saturated rings. The molecule has 1 aromatic carbocycles. The van der Waals surface area contributed by atoms with Crippen LogP contribution >= 0.6 is 23.2 Å². The fourth-order valence-electron chi connectivity index (χ4n) is 3.06. The molecule has 0 saturated carbocycles. The lowest BCUT2D eigenvalue weighted by Crippen LogP contribution is -2.37. The lowest BCUT2D eigenvalue weighted by atomic mass is 10.1. The van der Waals surface area contributed by atoms with Gasteiger partial charge in [-0.05, 0) is 62.7 Å². The van der Waals surface area contributed by atoms with Crippen molar-refractivity contribution in [3.8, 4) is 11.3 Å². The zero-order valence-corrected chi connectivity index (χ0v) is 15.7. The van der Waals surface area contributed by atoms with Crippen LogP contribution in [0.25, 0.3) is 11.3 Å². The number of nitrogens with zero attached hydrogens (tertiary/aromatic N) is 1. The summed E-state index contributed by atoms with van der Waals surface area (Å²) < 4.78 is 5.87. The van der Waals surface area contributed by atoms with E-state index < -0.39 is 0 Å². The summed E-state index contributed by atoms with van der Waals surface area (Å²) in [6.45, 7) is 4.74. The van der Waals surface area contributed by atoms with E-state index in [1.165, 1.54) is 0 Å². The minimum atomic E-state index is -0.0990. The monoisotopic (exact) mass is 382 g/mol. The SMILES string of the molecule is OC1CCN(CCCNCc2ccc(-c3ccc(Cl)c(Cl)c3)o2)CC1. The summed E-state index contributed by atoms with van der Waals surface area (Å²) in [6, 6.07) is 9.43. The molecule has 1 saturated heterocycles. The maximum Gasteiger partial charge on any atom is 0.134 e. The minimum absolute atomic E-state index is 0.0990. The molecule has 0 spiro atoms. The Morgan fingerprint density at radius 1 is 1.12 bits per heavy atom. The molecule has 3 rings (SSSR count). The van der Waals surface area contributed by atoms with Gasteiger partial charge in [0.15, 0.2) is 0 Å². The Hall–Kier alpha value is -1.04. The molecule has 25 heavy (non-hydrogen) atoms. The van der Waals surface area contributed by atoms with Crippen LogP contribution in [0.1, 0.15) is 25.0 Å². The van der Waals surface area contributed by atoms with E-state index in [0.29, 0.717) is 16.6 Å². The molecule has 6 heteroatoms. The number of aliphatic hydroxyl groups excluding tert-OH is 1. The second kappa shape index (κ2) is 9.06. The number of piperidine rings is 1. The molecule has 4 nitrogen and oxygen atoms in total. The van der Waals surface area contributed by atoms with E-state index in [1.807, 2.05) is 24.3 Å². The normalized spacial score (nSPS) is 16.4. The lowest BCUT2D eigenvalue weighted by Gasteiger charge is -2.29. The van der Waals surface area contributed by atoms with Gasteiger partial charge in [0.25, 0.3) is 0 Å². The Balaban J connectivity index is 1.39. The minimum Gasteiger partial charge on any atom is -0.460 e. The van der Waals surface area contributed by atoms with Crippen molar-refractivity contribution in [1.29, 1.82) is 0 Å². The highest BCUT2D eigenvalue weighted by Crippen LogP contribution is 2.29. The second-order valence-corrected chi connectivity index (χ2v) is 7.31. The number of hydrogen-bond donors (Lipinski definition) is 2. The van der Waals surface area contributed by atoms with Gasteiger partial charge in [-0.3, -0.25) is 0 Å². The van der Waals surface area contributed by atoms with Gasteiger partial charge in [-0.25, -0.2) is 0 Å². The molecule has 1 aromatic heterocycles. The third-order valence-corrected chi connectivity index (χ3v) is 5.29. The van der Waals surface area contributed by atoms with Gasteiger partial charge in [0.2, 0.25) is 0 Å². The third kappa shape index (κ3) is 5.47. The molecule has 2 N–H and O–H groups in total. The van der Waals surface area contributed by atoms with Crippen LogP contribution in [0.2, 0.25) is 10.0 Å². The van der Waals surface area contributed by atoms with Crippen LogP contribution in [0, 0.1) is 0 Å². The van der Waals surface area contributed by atoms with Gasteiger partial charge >= 0.3 is 0 Å². The van der Waals surface area contributed by atoms with Crippen molar-refractivity contribution in [1.82, 2.24) is 10.2 Å². The number of furan rings is 1. The molecule has 0 unspecified atom stereocenters. The Morgan fingerprint density at radius 3 is 2.68 bits per heavy atom. The van der Waals surface area contributed by atoms with Crippen molar-refractivity contribution in [3.63, 3.8) is 0 Å². The van der Waals surface area contributed by atoms with Gasteiger partial charge in [0, 0.05) is 18.7 Å². The van der Waals surface area contributed by atoms with Crippen LogP contribution in [0.5, 0.6) is 0 Å². The number of likely N-dealkylation sites (tertiary alicyclic amines) is 1. The van der Waals surface area contributed by atoms with Crippen LogP contribution in [-0.4, -0.2) is 42.3 Å². The number of rotatable bonds is 7. The van der Waals surface area contributed by atoms with Gasteiger partial charge in [0.05, 0.1) is 22.7 Å². The fraction of sp³-hybridized carbons (Fsp3) is 0.474. The van der Waals surface area contributed by atoms with Crippen LogP contribution in [-0.2, 0) is 6.54 Å². The molecule has 0 aliphatic carbocycles. The van der Waals surface area contributed by atoms with Crippen molar-refractivity contribution in [3.05, 3.63) is 46.1 Å². The standard InChI is InChI=1S/C19H24Cl2N2O2/c20-17-4-2-14(12-18(17)21)19-5-3-16(25-19)13-22-8-1-9-23-10-6-15(24)7-11-23/h2-5,12,15,22,24H,1,6-11,13H2. The number of aliphatic hydroxyl groups is 1. The molecule has 0 bridgehead atoms. The summed E-state index contributed by atoms with van der Waals surface area (Å²) in [5.41, 5.74) is 0.924. The van der Waals surface area contributed by atoms with Crippen LogP contribution in [0.3, 0.4) is 0 Å².